The van der Waals surface area contributed by atoms with Gasteiger partial charge in [-0.25, -0.2) is 9.79 Å². The molecule has 4 rings (SSSR count). The number of esters is 1. The van der Waals surface area contributed by atoms with Crippen molar-refractivity contribution in [2.24, 2.45) is 4.99 Å². The Morgan fingerprint density at radius 3 is 2.46 bits per heavy atom. The molecule has 218 valence electrons. The van der Waals surface area contributed by atoms with Gasteiger partial charge in [0.25, 0.3) is 5.56 Å². The number of hydrogen-bond donors (Lipinski definition) is 0. The Morgan fingerprint density at radius 2 is 1.80 bits per heavy atom. The van der Waals surface area contributed by atoms with Crippen LogP contribution in [0, 0.1) is 6.92 Å². The fourth-order valence-electron chi connectivity index (χ4n) is 4.88. The molecule has 0 saturated heterocycles. The Labute approximate surface area is 244 Å². The number of ether oxygens (including phenoxy) is 4. The summed E-state index contributed by atoms with van der Waals surface area (Å²) in [5.41, 5.74) is 4.21. The molecule has 1 aromatic heterocycles. The largest absolute Gasteiger partial charge is 0.496 e. The van der Waals surface area contributed by atoms with Crippen molar-refractivity contribution in [3.63, 3.8) is 0 Å². The topological polar surface area (TPSA) is 88.4 Å². The van der Waals surface area contributed by atoms with Crippen LogP contribution in [-0.4, -0.2) is 44.1 Å². The molecule has 0 unspecified atom stereocenters. The van der Waals surface area contributed by atoms with Crippen molar-refractivity contribution in [2.45, 2.75) is 59.6 Å². The first-order valence-corrected chi connectivity index (χ1v) is 14.5. The zero-order valence-electron chi connectivity index (χ0n) is 24.9. The second-order valence-corrected chi connectivity index (χ2v) is 11.5. The van der Waals surface area contributed by atoms with Gasteiger partial charge in [-0.15, -0.1) is 0 Å². The smallest absolute Gasteiger partial charge is 0.338 e. The molecule has 0 saturated carbocycles. The second-order valence-electron chi connectivity index (χ2n) is 10.5. The number of nitrogens with zero attached hydrogens (tertiary/aromatic N) is 2. The van der Waals surface area contributed by atoms with Crippen LogP contribution < -0.4 is 24.4 Å². The zero-order valence-corrected chi connectivity index (χ0v) is 25.8. The minimum Gasteiger partial charge on any atom is -0.496 e. The Kier molecular flexibility index (Phi) is 9.50. The lowest BCUT2D eigenvalue weighted by atomic mass is 9.95. The molecule has 41 heavy (non-hydrogen) atoms. The number of benzene rings is 2. The quantitative estimate of drug-likeness (QED) is 0.257. The molecule has 8 nitrogen and oxygen atoms in total. The number of aryl methyl sites for hydroxylation is 1. The van der Waals surface area contributed by atoms with Gasteiger partial charge in [-0.3, -0.25) is 9.36 Å². The average Bonchev–Trinajstić information content (AvgIpc) is 3.22. The van der Waals surface area contributed by atoms with E-state index < -0.39 is 12.0 Å². The van der Waals surface area contributed by atoms with Gasteiger partial charge in [0.2, 0.25) is 0 Å². The van der Waals surface area contributed by atoms with Gasteiger partial charge < -0.3 is 18.9 Å². The summed E-state index contributed by atoms with van der Waals surface area (Å²) in [6.07, 6.45) is 1.79. The van der Waals surface area contributed by atoms with Gasteiger partial charge in [0.1, 0.15) is 24.1 Å². The third-order valence-corrected chi connectivity index (χ3v) is 7.85. The van der Waals surface area contributed by atoms with Gasteiger partial charge in [0, 0.05) is 12.7 Å². The molecule has 0 aliphatic carbocycles. The highest BCUT2D eigenvalue weighted by Gasteiger charge is 2.35. The molecule has 0 spiro atoms. The maximum Gasteiger partial charge on any atom is 0.338 e. The lowest BCUT2D eigenvalue weighted by Crippen LogP contribution is -2.40. The molecule has 1 aliphatic heterocycles. The molecular formula is C32H38N2O6S. The van der Waals surface area contributed by atoms with Crippen molar-refractivity contribution in [2.75, 3.05) is 27.4 Å². The van der Waals surface area contributed by atoms with E-state index in [9.17, 15) is 9.59 Å². The molecule has 0 fully saturated rings. The zero-order chi connectivity index (χ0) is 29.8. The molecule has 0 radical (unpaired) electrons. The lowest BCUT2D eigenvalue weighted by molar-refractivity contribution is -0.140. The van der Waals surface area contributed by atoms with Crippen LogP contribution in [-0.2, 0) is 14.3 Å². The van der Waals surface area contributed by atoms with Gasteiger partial charge in [0.15, 0.2) is 4.80 Å². The number of hydrogen-bond acceptors (Lipinski definition) is 8. The van der Waals surface area contributed by atoms with E-state index in [4.69, 9.17) is 23.9 Å². The number of carbonyl (C=O) groups excluding carboxylic acids is 1. The Bertz CT molecular complexity index is 1650. The number of methoxy groups -OCH3 is 2. The number of fused-ring (bicyclic) bond motifs is 1. The molecular weight excluding hydrogens is 540 g/mol. The minimum atomic E-state index is -0.776. The van der Waals surface area contributed by atoms with E-state index in [1.807, 2.05) is 57.2 Å². The van der Waals surface area contributed by atoms with Gasteiger partial charge in [-0.05, 0) is 74.6 Å². The second kappa shape index (κ2) is 12.9. The van der Waals surface area contributed by atoms with Crippen LogP contribution in [0.15, 0.2) is 57.5 Å². The standard InChI is InChI=1S/C32H38N2O6S/c1-18(2)24-16-22(20(5)15-26(24)38-8)17-27-30(35)34-29(23-11-9-10-12-25(23)40-19(3)4)28(21(6)33-32(34)41-27)31(36)39-14-13-37-7/h9-12,15-19,29H,13-14H2,1-8H3/b27-17+/t29-/m1/s1. The first-order chi connectivity index (χ1) is 19.6. The summed E-state index contributed by atoms with van der Waals surface area (Å²) < 4.78 is 24.4. The first-order valence-electron chi connectivity index (χ1n) is 13.7. The summed E-state index contributed by atoms with van der Waals surface area (Å²) in [5, 5.41) is 0. The number of allylic oxidation sites excluding steroid dienone is 1. The Morgan fingerprint density at radius 1 is 1.07 bits per heavy atom. The van der Waals surface area contributed by atoms with E-state index >= 15 is 0 Å². The normalized spacial score (nSPS) is 15.3. The van der Waals surface area contributed by atoms with E-state index in [0.717, 1.165) is 22.4 Å². The van der Waals surface area contributed by atoms with Crippen LogP contribution in [0.1, 0.15) is 68.8 Å². The van der Waals surface area contributed by atoms with Crippen molar-refractivity contribution in [1.29, 1.82) is 0 Å². The fourth-order valence-corrected chi connectivity index (χ4v) is 5.92. The monoisotopic (exact) mass is 578 g/mol. The van der Waals surface area contributed by atoms with Crippen LogP contribution in [0.3, 0.4) is 0 Å². The summed E-state index contributed by atoms with van der Waals surface area (Å²) in [6.45, 7) is 12.2. The average molecular weight is 579 g/mol. The van der Waals surface area contributed by atoms with Crippen molar-refractivity contribution < 1.29 is 23.7 Å². The van der Waals surface area contributed by atoms with E-state index in [-0.39, 0.29) is 30.8 Å². The Balaban J connectivity index is 1.95. The SMILES string of the molecule is COCCOC(=O)C1=C(C)N=c2s/c(=C/c3cc(C(C)C)c(OC)cc3C)c(=O)n2[C@@H]1c1ccccc1OC(C)C. The van der Waals surface area contributed by atoms with Crippen LogP contribution in [0.5, 0.6) is 11.5 Å². The Hall–Kier alpha value is -3.69. The molecule has 0 amide bonds. The fraction of sp³-hybridized carbons (Fsp3) is 0.406. The van der Waals surface area contributed by atoms with Crippen LogP contribution in [0.25, 0.3) is 6.08 Å². The maximum atomic E-state index is 14.1. The predicted molar refractivity (Wildman–Crippen MR) is 161 cm³/mol. The van der Waals surface area contributed by atoms with Crippen molar-refractivity contribution in [3.05, 3.63) is 89.6 Å². The summed E-state index contributed by atoms with van der Waals surface area (Å²) in [5.74, 6) is 1.11. The lowest BCUT2D eigenvalue weighted by Gasteiger charge is -2.27. The molecule has 1 aliphatic rings. The number of thiazole rings is 1. The van der Waals surface area contributed by atoms with Gasteiger partial charge in [-0.1, -0.05) is 43.4 Å². The number of para-hydroxylation sites is 1. The molecule has 0 N–H and O–H groups in total. The molecule has 3 aromatic rings. The summed E-state index contributed by atoms with van der Waals surface area (Å²) in [4.78, 5) is 32.8. The predicted octanol–water partition coefficient (Wildman–Crippen LogP) is 4.65. The van der Waals surface area contributed by atoms with Crippen molar-refractivity contribution in [3.8, 4) is 11.5 Å². The first kappa shape index (κ1) is 30.3. The summed E-state index contributed by atoms with van der Waals surface area (Å²) in [7, 11) is 3.21. The van der Waals surface area contributed by atoms with Gasteiger partial charge in [-0.2, -0.15) is 0 Å². The molecule has 2 heterocycles. The molecule has 0 bridgehead atoms. The third-order valence-electron chi connectivity index (χ3n) is 6.87. The highest BCUT2D eigenvalue weighted by atomic mass is 32.1. The highest BCUT2D eigenvalue weighted by molar-refractivity contribution is 7.07. The summed E-state index contributed by atoms with van der Waals surface area (Å²) in [6, 6.07) is 10.8. The number of rotatable bonds is 10. The summed E-state index contributed by atoms with van der Waals surface area (Å²) >= 11 is 1.30. The maximum absolute atomic E-state index is 14.1. The third kappa shape index (κ3) is 6.31. The van der Waals surface area contributed by atoms with E-state index in [1.54, 1.807) is 25.7 Å². The van der Waals surface area contributed by atoms with E-state index in [2.05, 4.69) is 19.9 Å². The van der Waals surface area contributed by atoms with E-state index in [0.29, 0.717) is 31.9 Å². The van der Waals surface area contributed by atoms with Crippen molar-refractivity contribution >= 4 is 23.4 Å². The van der Waals surface area contributed by atoms with Crippen molar-refractivity contribution in [1.82, 2.24) is 4.57 Å². The van der Waals surface area contributed by atoms with Gasteiger partial charge >= 0.3 is 5.97 Å². The number of carbonyl (C=O) groups is 1. The minimum absolute atomic E-state index is 0.0856. The highest BCUT2D eigenvalue weighted by Crippen LogP contribution is 2.36. The number of aromatic nitrogens is 1. The van der Waals surface area contributed by atoms with Crippen LogP contribution in [0.2, 0.25) is 0 Å². The van der Waals surface area contributed by atoms with Gasteiger partial charge in [0.05, 0.1) is 35.6 Å². The molecule has 2 aromatic carbocycles. The molecule has 1 atom stereocenters. The van der Waals surface area contributed by atoms with E-state index in [1.165, 1.54) is 11.3 Å². The van der Waals surface area contributed by atoms with Crippen LogP contribution >= 0.6 is 11.3 Å². The molecule has 9 heteroatoms. The van der Waals surface area contributed by atoms with Crippen LogP contribution in [0.4, 0.5) is 0 Å².